The Morgan fingerprint density at radius 2 is 2.12 bits per heavy atom. The summed E-state index contributed by atoms with van der Waals surface area (Å²) in [6, 6.07) is 1.45. The van der Waals surface area contributed by atoms with E-state index in [9.17, 15) is 0 Å². The van der Waals surface area contributed by atoms with Crippen LogP contribution in [-0.4, -0.2) is 30.1 Å². The molecule has 17 heavy (non-hydrogen) atoms. The Bertz CT molecular complexity index is 397. The molecule has 1 aromatic rings. The van der Waals surface area contributed by atoms with E-state index in [1.165, 1.54) is 36.2 Å². The van der Waals surface area contributed by atoms with Gasteiger partial charge in [-0.05, 0) is 36.8 Å². The van der Waals surface area contributed by atoms with E-state index in [1.807, 2.05) is 0 Å². The van der Waals surface area contributed by atoms with E-state index >= 15 is 0 Å². The summed E-state index contributed by atoms with van der Waals surface area (Å²) in [7, 11) is 0. The van der Waals surface area contributed by atoms with Crippen LogP contribution in [-0.2, 0) is 6.54 Å². The lowest BCUT2D eigenvalue weighted by molar-refractivity contribution is 0.189. The average Bonchev–Trinajstić information content (AvgIpc) is 2.93. The van der Waals surface area contributed by atoms with Crippen LogP contribution in [0.5, 0.6) is 0 Å². The highest BCUT2D eigenvalue weighted by atomic mass is 35.5. The van der Waals surface area contributed by atoms with Crippen molar-refractivity contribution in [2.24, 2.45) is 0 Å². The first-order valence-corrected chi connectivity index (χ1v) is 7.77. The van der Waals surface area contributed by atoms with Gasteiger partial charge in [0.1, 0.15) is 4.34 Å². The van der Waals surface area contributed by atoms with E-state index in [2.05, 4.69) is 15.6 Å². The molecule has 0 radical (unpaired) electrons. The summed E-state index contributed by atoms with van der Waals surface area (Å²) in [5.41, 5.74) is 1.19. The van der Waals surface area contributed by atoms with Gasteiger partial charge in [0.2, 0.25) is 0 Å². The lowest BCUT2D eigenvalue weighted by Gasteiger charge is -2.28. The molecule has 1 aliphatic heterocycles. The maximum absolute atomic E-state index is 6.22. The quantitative estimate of drug-likeness (QED) is 0.915. The van der Waals surface area contributed by atoms with Crippen molar-refractivity contribution >= 4 is 34.5 Å². The third-order valence-electron chi connectivity index (χ3n) is 3.63. The van der Waals surface area contributed by atoms with Gasteiger partial charge in [-0.25, -0.2) is 0 Å². The van der Waals surface area contributed by atoms with Crippen molar-refractivity contribution in [1.82, 2.24) is 10.2 Å². The van der Waals surface area contributed by atoms with Crippen molar-refractivity contribution < 1.29 is 0 Å². The molecule has 2 aliphatic rings. The highest BCUT2D eigenvalue weighted by Gasteiger charge is 2.35. The molecule has 1 N–H and O–H groups in total. The molecule has 1 aromatic heterocycles. The molecule has 1 saturated heterocycles. The molecule has 1 aliphatic carbocycles. The number of hydrogen-bond acceptors (Lipinski definition) is 3. The van der Waals surface area contributed by atoms with E-state index in [0.717, 1.165) is 35.0 Å². The van der Waals surface area contributed by atoms with Crippen LogP contribution < -0.4 is 5.32 Å². The molecule has 94 valence electrons. The summed E-state index contributed by atoms with van der Waals surface area (Å²) in [5, 5.41) is 6.30. The van der Waals surface area contributed by atoms with Gasteiger partial charge in [0.15, 0.2) is 0 Å². The van der Waals surface area contributed by atoms with Crippen molar-refractivity contribution in [2.75, 3.05) is 13.1 Å². The highest BCUT2D eigenvalue weighted by Crippen LogP contribution is 2.37. The van der Waals surface area contributed by atoms with Crippen molar-refractivity contribution in [3.05, 3.63) is 20.3 Å². The fourth-order valence-corrected chi connectivity index (χ4v) is 3.78. The summed E-state index contributed by atoms with van der Waals surface area (Å²) in [4.78, 5) is 2.62. The van der Waals surface area contributed by atoms with Crippen LogP contribution in [0.4, 0.5) is 0 Å². The predicted molar refractivity (Wildman–Crippen MR) is 74.2 cm³/mol. The molecule has 1 unspecified atom stereocenters. The van der Waals surface area contributed by atoms with Gasteiger partial charge in [0.25, 0.3) is 0 Å². The van der Waals surface area contributed by atoms with E-state index in [-0.39, 0.29) is 0 Å². The second kappa shape index (κ2) is 5.06. The van der Waals surface area contributed by atoms with Gasteiger partial charge in [-0.15, -0.1) is 11.3 Å². The molecule has 5 heteroatoms. The van der Waals surface area contributed by atoms with Crippen LogP contribution in [0.2, 0.25) is 9.36 Å². The molecule has 1 atom stereocenters. The monoisotopic (exact) mass is 290 g/mol. The zero-order chi connectivity index (χ0) is 11.8. The average molecular weight is 291 g/mol. The summed E-state index contributed by atoms with van der Waals surface area (Å²) in [6.45, 7) is 3.22. The third kappa shape index (κ3) is 2.64. The first-order chi connectivity index (χ1) is 8.25. The Kier molecular flexibility index (Phi) is 3.64. The minimum absolute atomic E-state index is 0.678. The van der Waals surface area contributed by atoms with Gasteiger partial charge >= 0.3 is 0 Å². The van der Waals surface area contributed by atoms with Gasteiger partial charge in [-0.2, -0.15) is 0 Å². The topological polar surface area (TPSA) is 15.3 Å². The number of nitrogens with zero attached hydrogens (tertiary/aromatic N) is 1. The third-order valence-corrected chi connectivity index (χ3v) is 5.54. The predicted octanol–water partition coefficient (Wildman–Crippen LogP) is 3.38. The molecule has 1 saturated carbocycles. The van der Waals surface area contributed by atoms with E-state index < -0.39 is 0 Å². The van der Waals surface area contributed by atoms with Gasteiger partial charge < -0.3 is 5.32 Å². The second-order valence-corrected chi connectivity index (χ2v) is 6.76. The Morgan fingerprint density at radius 1 is 1.29 bits per heavy atom. The van der Waals surface area contributed by atoms with E-state index in [4.69, 9.17) is 23.2 Å². The van der Waals surface area contributed by atoms with Crippen molar-refractivity contribution in [3.8, 4) is 0 Å². The molecular formula is C12H16Cl2N2S. The largest absolute Gasteiger partial charge is 0.315 e. The molecule has 0 spiro atoms. The van der Waals surface area contributed by atoms with Gasteiger partial charge in [-0.3, -0.25) is 4.90 Å². The number of rotatable bonds is 4. The standard InChI is InChI=1S/C12H16Cl2N2S/c13-11-8(7-17-12(11)14)6-16(9-1-2-9)10-3-4-15-5-10/h7,9-10,15H,1-6H2. The zero-order valence-electron chi connectivity index (χ0n) is 9.59. The molecule has 3 rings (SSSR count). The Balaban J connectivity index is 1.73. The SMILES string of the molecule is Clc1scc(CN(C2CC2)C2CCNC2)c1Cl. The van der Waals surface area contributed by atoms with E-state index in [0.29, 0.717) is 6.04 Å². The van der Waals surface area contributed by atoms with E-state index in [1.54, 1.807) is 0 Å². The van der Waals surface area contributed by atoms with Crippen LogP contribution in [0.1, 0.15) is 24.8 Å². The van der Waals surface area contributed by atoms with Crippen LogP contribution in [0.25, 0.3) is 0 Å². The Labute approximate surface area is 116 Å². The molecule has 0 aromatic carbocycles. The summed E-state index contributed by atoms with van der Waals surface area (Å²) in [6.07, 6.45) is 3.93. The summed E-state index contributed by atoms with van der Waals surface area (Å²) >= 11 is 13.8. The van der Waals surface area contributed by atoms with Gasteiger partial charge in [-0.1, -0.05) is 23.2 Å². The Hall–Kier alpha value is 0.200. The molecule has 2 nitrogen and oxygen atoms in total. The minimum atomic E-state index is 0.678. The minimum Gasteiger partial charge on any atom is -0.315 e. The molecule has 2 fully saturated rings. The normalized spacial score (nSPS) is 24.8. The number of thiophene rings is 1. The first kappa shape index (κ1) is 12.2. The fraction of sp³-hybridized carbons (Fsp3) is 0.667. The fourth-order valence-electron chi connectivity index (χ4n) is 2.54. The highest BCUT2D eigenvalue weighted by molar-refractivity contribution is 7.15. The van der Waals surface area contributed by atoms with Crippen molar-refractivity contribution in [1.29, 1.82) is 0 Å². The maximum atomic E-state index is 6.22. The van der Waals surface area contributed by atoms with Gasteiger partial charge in [0, 0.05) is 25.2 Å². The van der Waals surface area contributed by atoms with Crippen LogP contribution in [0, 0.1) is 0 Å². The lowest BCUT2D eigenvalue weighted by Crippen LogP contribution is -2.38. The summed E-state index contributed by atoms with van der Waals surface area (Å²) < 4.78 is 0.724. The molecule has 2 heterocycles. The molecule has 0 bridgehead atoms. The first-order valence-electron chi connectivity index (χ1n) is 6.13. The van der Waals surface area contributed by atoms with Crippen LogP contribution >= 0.6 is 34.5 Å². The number of halogens is 2. The summed E-state index contributed by atoms with van der Waals surface area (Å²) in [5.74, 6) is 0. The van der Waals surface area contributed by atoms with Crippen LogP contribution in [0.15, 0.2) is 5.38 Å². The number of hydrogen-bond donors (Lipinski definition) is 1. The number of nitrogens with one attached hydrogen (secondary N) is 1. The smallest absolute Gasteiger partial charge is 0.112 e. The van der Waals surface area contributed by atoms with Crippen molar-refractivity contribution in [3.63, 3.8) is 0 Å². The van der Waals surface area contributed by atoms with Crippen LogP contribution in [0.3, 0.4) is 0 Å². The lowest BCUT2D eigenvalue weighted by atomic mass is 10.2. The van der Waals surface area contributed by atoms with Crippen molar-refractivity contribution in [2.45, 2.75) is 37.9 Å². The van der Waals surface area contributed by atoms with Gasteiger partial charge in [0.05, 0.1) is 5.02 Å². The molecule has 0 amide bonds. The maximum Gasteiger partial charge on any atom is 0.112 e. The Morgan fingerprint density at radius 3 is 2.65 bits per heavy atom. The molecular weight excluding hydrogens is 275 g/mol. The zero-order valence-corrected chi connectivity index (χ0v) is 11.9. The second-order valence-electron chi connectivity index (χ2n) is 4.90.